The molecule has 0 bridgehead atoms. The third-order valence-electron chi connectivity index (χ3n) is 4.33. The molecular weight excluding hydrogens is 308 g/mol. The molecule has 0 spiro atoms. The fourth-order valence-electron chi connectivity index (χ4n) is 3.39. The van der Waals surface area contributed by atoms with Crippen molar-refractivity contribution >= 4 is 11.6 Å². The van der Waals surface area contributed by atoms with Crippen molar-refractivity contribution in [1.82, 2.24) is 0 Å². The summed E-state index contributed by atoms with van der Waals surface area (Å²) in [5.41, 5.74) is 1.22. The summed E-state index contributed by atoms with van der Waals surface area (Å²) >= 11 is 0. The maximum atomic E-state index is 12.7. The van der Waals surface area contributed by atoms with E-state index in [1.807, 2.05) is 32.9 Å². The minimum Gasteiger partial charge on any atom is -0.294 e. The molecule has 1 aromatic rings. The van der Waals surface area contributed by atoms with Crippen LogP contribution in [0.5, 0.6) is 0 Å². The largest absolute Gasteiger partial charge is 0.294 e. The minimum atomic E-state index is -0.402. The molecule has 0 aliphatic rings. The van der Waals surface area contributed by atoms with Gasteiger partial charge in [0.05, 0.1) is 0 Å². The maximum Gasteiger partial charge on any atom is 0.168 e. The summed E-state index contributed by atoms with van der Waals surface area (Å²) in [4.78, 5) is 25.0. The Morgan fingerprint density at radius 3 is 1.76 bits per heavy atom. The zero-order valence-corrected chi connectivity index (χ0v) is 17.4. The molecule has 2 nitrogen and oxygen atoms in total. The van der Waals surface area contributed by atoms with Gasteiger partial charge >= 0.3 is 0 Å². The average Bonchev–Trinajstić information content (AvgIpc) is 2.43. The van der Waals surface area contributed by atoms with E-state index in [1.54, 1.807) is 12.1 Å². The topological polar surface area (TPSA) is 34.1 Å². The monoisotopic (exact) mass is 344 g/mol. The van der Waals surface area contributed by atoms with Gasteiger partial charge in [0.25, 0.3) is 0 Å². The molecule has 1 unspecified atom stereocenters. The van der Waals surface area contributed by atoms with Crippen LogP contribution in [-0.4, -0.2) is 11.6 Å². The van der Waals surface area contributed by atoms with Crippen LogP contribution in [0.4, 0.5) is 0 Å². The summed E-state index contributed by atoms with van der Waals surface area (Å²) in [5.74, 6) is 1.29. The van der Waals surface area contributed by atoms with Gasteiger partial charge in [-0.05, 0) is 30.1 Å². The third kappa shape index (κ3) is 7.54. The van der Waals surface area contributed by atoms with Crippen molar-refractivity contribution < 1.29 is 9.59 Å². The Bertz CT molecular complexity index is 580. The smallest absolute Gasteiger partial charge is 0.168 e. The zero-order chi connectivity index (χ0) is 19.4. The molecule has 0 aromatic heterocycles. The molecule has 0 aliphatic carbocycles. The van der Waals surface area contributed by atoms with Crippen LogP contribution < -0.4 is 0 Å². The summed E-state index contributed by atoms with van der Waals surface area (Å²) in [6, 6.07) is 7.21. The lowest BCUT2D eigenvalue weighted by atomic mass is 9.78. The van der Waals surface area contributed by atoms with E-state index in [-0.39, 0.29) is 17.0 Å². The molecular formula is C23H36O2. The highest BCUT2D eigenvalue weighted by Crippen LogP contribution is 2.31. The number of Topliss-reactive ketones (excluding diaryl/α,β-unsaturated/α-hetero) is 2. The summed E-state index contributed by atoms with van der Waals surface area (Å²) in [6.45, 7) is 16.9. The number of ketones is 2. The molecule has 0 heterocycles. The van der Waals surface area contributed by atoms with Gasteiger partial charge in [0.1, 0.15) is 0 Å². The molecule has 2 heteroatoms. The number of hydrogen-bond donors (Lipinski definition) is 0. The molecule has 140 valence electrons. The normalized spacial score (nSPS) is 13.8. The first kappa shape index (κ1) is 21.6. The van der Waals surface area contributed by atoms with Crippen LogP contribution in [0.1, 0.15) is 95.4 Å². The van der Waals surface area contributed by atoms with Crippen LogP contribution >= 0.6 is 0 Å². The van der Waals surface area contributed by atoms with E-state index >= 15 is 0 Å². The number of hydrogen-bond acceptors (Lipinski definition) is 2. The van der Waals surface area contributed by atoms with E-state index in [1.165, 1.54) is 0 Å². The fourth-order valence-corrected chi connectivity index (χ4v) is 3.39. The van der Waals surface area contributed by atoms with Crippen molar-refractivity contribution in [2.75, 3.05) is 0 Å². The van der Waals surface area contributed by atoms with Gasteiger partial charge in [-0.2, -0.15) is 0 Å². The molecule has 1 atom stereocenters. The molecule has 0 radical (unpaired) electrons. The van der Waals surface area contributed by atoms with Crippen LogP contribution in [0.15, 0.2) is 24.3 Å². The Morgan fingerprint density at radius 1 is 0.880 bits per heavy atom. The molecule has 1 rings (SSSR count). The lowest BCUT2D eigenvalue weighted by molar-refractivity contribution is 0.0857. The van der Waals surface area contributed by atoms with Crippen molar-refractivity contribution in [2.45, 2.75) is 74.7 Å². The Morgan fingerprint density at radius 2 is 1.36 bits per heavy atom. The molecule has 0 fully saturated rings. The second-order valence-electron chi connectivity index (χ2n) is 10.0. The predicted molar refractivity (Wildman–Crippen MR) is 106 cm³/mol. The Labute approximate surface area is 154 Å². The first-order valence-electron chi connectivity index (χ1n) is 9.47. The molecule has 0 N–H and O–H groups in total. The summed E-state index contributed by atoms with van der Waals surface area (Å²) in [5, 5.41) is 0. The van der Waals surface area contributed by atoms with Gasteiger partial charge in [-0.25, -0.2) is 0 Å². The molecule has 25 heavy (non-hydrogen) atoms. The summed E-state index contributed by atoms with van der Waals surface area (Å²) < 4.78 is 0. The van der Waals surface area contributed by atoms with Crippen molar-refractivity contribution in [3.05, 3.63) is 35.4 Å². The Kier molecular flexibility index (Phi) is 7.17. The van der Waals surface area contributed by atoms with E-state index in [0.29, 0.717) is 29.4 Å². The molecule has 0 aliphatic heterocycles. The maximum absolute atomic E-state index is 12.7. The Balaban J connectivity index is 2.85. The first-order chi connectivity index (χ1) is 11.3. The fraction of sp³-hybridized carbons (Fsp3) is 0.652. The SMILES string of the molecule is CC(C)CC(CC(=O)c1ccc(C(=O)C(C)(C)C)cc1)CC(C)(C)C. The van der Waals surface area contributed by atoms with Gasteiger partial charge in [-0.3, -0.25) is 9.59 Å². The molecule has 1 aromatic carbocycles. The lowest BCUT2D eigenvalue weighted by Crippen LogP contribution is -2.20. The number of benzene rings is 1. The van der Waals surface area contributed by atoms with Crippen LogP contribution in [0.2, 0.25) is 0 Å². The second-order valence-corrected chi connectivity index (χ2v) is 10.0. The van der Waals surface area contributed by atoms with Crippen molar-refractivity contribution in [2.24, 2.45) is 22.7 Å². The number of carbonyl (C=O) groups excluding carboxylic acids is 2. The molecule has 0 saturated carbocycles. The van der Waals surface area contributed by atoms with Gasteiger partial charge in [0.2, 0.25) is 0 Å². The van der Waals surface area contributed by atoms with Crippen molar-refractivity contribution in [1.29, 1.82) is 0 Å². The molecule has 0 amide bonds. The van der Waals surface area contributed by atoms with Gasteiger partial charge in [-0.15, -0.1) is 0 Å². The Hall–Kier alpha value is -1.44. The minimum absolute atomic E-state index is 0.108. The quantitative estimate of drug-likeness (QED) is 0.523. The van der Waals surface area contributed by atoms with Crippen molar-refractivity contribution in [3.63, 3.8) is 0 Å². The number of rotatable bonds is 7. The summed E-state index contributed by atoms with van der Waals surface area (Å²) in [6.07, 6.45) is 2.71. The van der Waals surface area contributed by atoms with Gasteiger partial charge in [0.15, 0.2) is 11.6 Å². The predicted octanol–water partition coefficient (Wildman–Crippen LogP) is 6.59. The standard InChI is InChI=1S/C23H36O2/c1-16(2)13-17(15-22(3,4)5)14-20(24)18-9-11-19(12-10-18)21(25)23(6,7)8/h9-12,16-17H,13-15H2,1-8H3. The second kappa shape index (κ2) is 8.29. The van der Waals surface area contributed by atoms with Gasteiger partial charge in [-0.1, -0.05) is 79.7 Å². The zero-order valence-electron chi connectivity index (χ0n) is 17.4. The van der Waals surface area contributed by atoms with Crippen LogP contribution in [0, 0.1) is 22.7 Å². The van der Waals surface area contributed by atoms with Crippen LogP contribution in [-0.2, 0) is 0 Å². The van der Waals surface area contributed by atoms with E-state index in [9.17, 15) is 9.59 Å². The summed E-state index contributed by atoms with van der Waals surface area (Å²) in [7, 11) is 0. The number of carbonyl (C=O) groups is 2. The highest BCUT2D eigenvalue weighted by molar-refractivity contribution is 6.01. The van der Waals surface area contributed by atoms with E-state index in [0.717, 1.165) is 12.8 Å². The van der Waals surface area contributed by atoms with Crippen molar-refractivity contribution in [3.8, 4) is 0 Å². The lowest BCUT2D eigenvalue weighted by Gasteiger charge is -2.27. The highest BCUT2D eigenvalue weighted by atomic mass is 16.1. The van der Waals surface area contributed by atoms with Crippen LogP contribution in [0.3, 0.4) is 0 Å². The van der Waals surface area contributed by atoms with Gasteiger partial charge in [0, 0.05) is 23.0 Å². The first-order valence-corrected chi connectivity index (χ1v) is 9.47. The van der Waals surface area contributed by atoms with E-state index < -0.39 is 5.41 Å². The van der Waals surface area contributed by atoms with E-state index in [2.05, 4.69) is 34.6 Å². The average molecular weight is 345 g/mol. The third-order valence-corrected chi connectivity index (χ3v) is 4.33. The molecule has 0 saturated heterocycles. The van der Waals surface area contributed by atoms with E-state index in [4.69, 9.17) is 0 Å². The highest BCUT2D eigenvalue weighted by Gasteiger charge is 2.24. The van der Waals surface area contributed by atoms with Crippen LogP contribution in [0.25, 0.3) is 0 Å². The van der Waals surface area contributed by atoms with Gasteiger partial charge < -0.3 is 0 Å².